The molecule has 0 aliphatic carbocycles. The molecular weight excluding hydrogens is 334 g/mol. The predicted octanol–water partition coefficient (Wildman–Crippen LogP) is 4.93. The Morgan fingerprint density at radius 1 is 0.615 bits per heavy atom. The molecule has 3 aromatic rings. The average molecular weight is 346 g/mol. The van der Waals surface area contributed by atoms with Crippen LogP contribution < -0.4 is 0 Å². The van der Waals surface area contributed by atoms with Crippen LogP contribution in [0.2, 0.25) is 0 Å². The van der Waals surface area contributed by atoms with E-state index in [1.165, 1.54) is 12.2 Å². The third-order valence-electron chi connectivity index (χ3n) is 4.27. The van der Waals surface area contributed by atoms with Crippen molar-refractivity contribution in [3.8, 4) is 0 Å². The van der Waals surface area contributed by atoms with Gasteiger partial charge in [0.1, 0.15) is 17.1 Å². The molecule has 0 unspecified atom stereocenters. The summed E-state index contributed by atoms with van der Waals surface area (Å²) >= 11 is 0. The summed E-state index contributed by atoms with van der Waals surface area (Å²) in [5.41, 5.74) is 3.68. The molecule has 8 bridgehead atoms. The summed E-state index contributed by atoms with van der Waals surface area (Å²) in [5, 5.41) is 0. The van der Waals surface area contributed by atoms with Crippen molar-refractivity contribution in [2.75, 3.05) is 0 Å². The molecular formula is C20H12F2N4. The predicted molar refractivity (Wildman–Crippen MR) is 98.8 cm³/mol. The zero-order valence-corrected chi connectivity index (χ0v) is 13.4. The number of nitrogens with zero attached hydrogens (tertiary/aromatic N) is 2. The SMILES string of the molecule is Fc1c2nc(cc3ccc(cc4ccc([nH]4)c(F)c4nc1C=C4)[nH]3)C=C2. The van der Waals surface area contributed by atoms with Gasteiger partial charge >= 0.3 is 0 Å². The summed E-state index contributed by atoms with van der Waals surface area (Å²) in [7, 11) is 0. The van der Waals surface area contributed by atoms with Gasteiger partial charge in [0.25, 0.3) is 0 Å². The molecule has 0 aromatic carbocycles. The lowest BCUT2D eigenvalue weighted by Crippen LogP contribution is -1.88. The van der Waals surface area contributed by atoms with E-state index in [0.29, 0.717) is 11.2 Å². The first-order valence-corrected chi connectivity index (χ1v) is 8.07. The van der Waals surface area contributed by atoms with Gasteiger partial charge in [-0.15, -0.1) is 0 Å². The Morgan fingerprint density at radius 2 is 1.23 bits per heavy atom. The van der Waals surface area contributed by atoms with Crippen LogP contribution in [0.3, 0.4) is 0 Å². The fourth-order valence-corrected chi connectivity index (χ4v) is 3.01. The van der Waals surface area contributed by atoms with Gasteiger partial charge < -0.3 is 9.97 Å². The van der Waals surface area contributed by atoms with Crippen molar-refractivity contribution in [3.05, 3.63) is 70.8 Å². The summed E-state index contributed by atoms with van der Waals surface area (Å²) in [5.74, 6) is -1.11. The highest BCUT2D eigenvalue weighted by Gasteiger charge is 2.13. The number of rotatable bonds is 0. The standard InChI is InChI=1S/C20H12F2N4/c21-19-15-5-3-13(24-15)9-11-1-2-12(23-11)10-14-4-6-16(25-14)20(22)18-8-7-17(19)26-18/h1-10,23-24H. The number of aromatic nitrogens is 4. The second-order valence-corrected chi connectivity index (χ2v) is 6.08. The van der Waals surface area contributed by atoms with Crippen molar-refractivity contribution in [1.29, 1.82) is 0 Å². The minimum absolute atomic E-state index is 0.0624. The van der Waals surface area contributed by atoms with E-state index in [-0.39, 0.29) is 17.1 Å². The summed E-state index contributed by atoms with van der Waals surface area (Å²) < 4.78 is 29.4. The van der Waals surface area contributed by atoms with Crippen LogP contribution in [0.1, 0.15) is 22.8 Å². The molecule has 2 aliphatic heterocycles. The minimum atomic E-state index is -0.580. The lowest BCUT2D eigenvalue weighted by Gasteiger charge is -1.91. The lowest BCUT2D eigenvalue weighted by molar-refractivity contribution is 0.609. The topological polar surface area (TPSA) is 57.4 Å². The monoisotopic (exact) mass is 346 g/mol. The number of hydrogen-bond acceptors (Lipinski definition) is 2. The second kappa shape index (κ2) is 5.49. The molecule has 0 radical (unpaired) electrons. The largest absolute Gasteiger partial charge is 0.355 e. The number of nitrogens with one attached hydrogen (secondary N) is 2. The van der Waals surface area contributed by atoms with Crippen molar-refractivity contribution >= 4 is 46.4 Å². The van der Waals surface area contributed by atoms with Crippen molar-refractivity contribution in [2.24, 2.45) is 0 Å². The quantitative estimate of drug-likeness (QED) is 0.417. The fourth-order valence-electron chi connectivity index (χ4n) is 3.01. The average Bonchev–Trinajstić information content (AvgIpc) is 3.41. The maximum atomic E-state index is 14.7. The summed E-state index contributed by atoms with van der Waals surface area (Å²) in [4.78, 5) is 14.6. The number of hydrogen-bond donors (Lipinski definition) is 2. The Labute approximate surface area is 146 Å². The lowest BCUT2D eigenvalue weighted by atomic mass is 10.3. The molecule has 0 saturated heterocycles. The minimum Gasteiger partial charge on any atom is -0.355 e. The van der Waals surface area contributed by atoms with Crippen molar-refractivity contribution in [3.63, 3.8) is 0 Å². The van der Waals surface area contributed by atoms with Crippen LogP contribution in [0, 0.1) is 11.6 Å². The Kier molecular flexibility index (Phi) is 3.12. The van der Waals surface area contributed by atoms with Gasteiger partial charge in [-0.1, -0.05) is 0 Å². The second-order valence-electron chi connectivity index (χ2n) is 6.08. The van der Waals surface area contributed by atoms with E-state index in [1.54, 1.807) is 24.3 Å². The first-order valence-electron chi connectivity index (χ1n) is 8.07. The summed E-state index contributed by atoms with van der Waals surface area (Å²) in [6.07, 6.45) is 6.22. The highest BCUT2D eigenvalue weighted by molar-refractivity contribution is 5.78. The summed E-state index contributed by atoms with van der Waals surface area (Å²) in [6, 6.07) is 10.9. The third-order valence-corrected chi connectivity index (χ3v) is 4.27. The Hall–Kier alpha value is -3.54. The van der Waals surface area contributed by atoms with Gasteiger partial charge in [0, 0.05) is 16.6 Å². The molecule has 126 valence electrons. The van der Waals surface area contributed by atoms with E-state index < -0.39 is 11.6 Å². The van der Waals surface area contributed by atoms with Gasteiger partial charge in [0.2, 0.25) is 0 Å². The molecule has 5 heterocycles. The molecule has 0 fully saturated rings. The van der Waals surface area contributed by atoms with Crippen LogP contribution in [-0.2, 0) is 0 Å². The van der Waals surface area contributed by atoms with Crippen LogP contribution in [0.15, 0.2) is 36.4 Å². The van der Waals surface area contributed by atoms with Gasteiger partial charge in [-0.25, -0.2) is 18.7 Å². The molecule has 0 spiro atoms. The summed E-state index contributed by atoms with van der Waals surface area (Å²) in [6.45, 7) is 0. The van der Waals surface area contributed by atoms with Gasteiger partial charge in [-0.3, -0.25) is 0 Å². The molecule has 5 rings (SSSR count). The van der Waals surface area contributed by atoms with Gasteiger partial charge in [0.05, 0.1) is 11.2 Å². The molecule has 0 saturated carbocycles. The molecule has 2 aliphatic rings. The molecule has 3 aromatic heterocycles. The van der Waals surface area contributed by atoms with Crippen LogP contribution in [0.4, 0.5) is 8.78 Å². The first kappa shape index (κ1) is 14.8. The molecule has 26 heavy (non-hydrogen) atoms. The van der Waals surface area contributed by atoms with Crippen molar-refractivity contribution in [2.45, 2.75) is 0 Å². The Morgan fingerprint density at radius 3 is 2.08 bits per heavy atom. The zero-order valence-electron chi connectivity index (χ0n) is 13.4. The van der Waals surface area contributed by atoms with E-state index >= 15 is 0 Å². The smallest absolute Gasteiger partial charge is 0.174 e. The van der Waals surface area contributed by atoms with Crippen LogP contribution >= 0.6 is 0 Å². The highest BCUT2D eigenvalue weighted by Crippen LogP contribution is 2.22. The van der Waals surface area contributed by atoms with Crippen LogP contribution in [0.25, 0.3) is 46.4 Å². The molecule has 2 N–H and O–H groups in total. The first-order chi connectivity index (χ1) is 12.7. The van der Waals surface area contributed by atoms with Gasteiger partial charge in [0.15, 0.2) is 11.6 Å². The normalized spacial score (nSPS) is 12.7. The number of fused-ring (bicyclic) bond motifs is 8. The molecule has 0 amide bonds. The van der Waals surface area contributed by atoms with Gasteiger partial charge in [-0.05, 0) is 60.7 Å². The third kappa shape index (κ3) is 2.43. The highest BCUT2D eigenvalue weighted by atomic mass is 19.1. The van der Waals surface area contributed by atoms with E-state index in [0.717, 1.165) is 16.6 Å². The van der Waals surface area contributed by atoms with E-state index in [2.05, 4.69) is 19.9 Å². The van der Waals surface area contributed by atoms with Crippen molar-refractivity contribution in [1.82, 2.24) is 19.9 Å². The zero-order chi connectivity index (χ0) is 17.7. The Bertz CT molecular complexity index is 1260. The number of halogens is 2. The maximum absolute atomic E-state index is 14.7. The molecule has 6 heteroatoms. The molecule has 4 nitrogen and oxygen atoms in total. The van der Waals surface area contributed by atoms with E-state index in [9.17, 15) is 8.78 Å². The number of aromatic amines is 2. The van der Waals surface area contributed by atoms with Crippen molar-refractivity contribution < 1.29 is 8.78 Å². The maximum Gasteiger partial charge on any atom is 0.174 e. The van der Waals surface area contributed by atoms with E-state index in [1.807, 2.05) is 24.3 Å². The van der Waals surface area contributed by atoms with Crippen LogP contribution in [-0.4, -0.2) is 19.9 Å². The van der Waals surface area contributed by atoms with Gasteiger partial charge in [-0.2, -0.15) is 0 Å². The number of H-pyrrole nitrogens is 2. The van der Waals surface area contributed by atoms with Crippen LogP contribution in [0.5, 0.6) is 0 Å². The van der Waals surface area contributed by atoms with E-state index in [4.69, 9.17) is 0 Å². The fraction of sp³-hybridized carbons (Fsp3) is 0. The molecule has 0 atom stereocenters. The Balaban J connectivity index is 1.91.